The summed E-state index contributed by atoms with van der Waals surface area (Å²) in [4.78, 5) is 40.6. The lowest BCUT2D eigenvalue weighted by atomic mass is 9.94. The average molecular weight is 519 g/mol. The van der Waals surface area contributed by atoms with Crippen molar-refractivity contribution in [2.45, 2.75) is 45.4 Å². The van der Waals surface area contributed by atoms with Gasteiger partial charge in [-0.05, 0) is 27.7 Å². The second kappa shape index (κ2) is 10.2. The van der Waals surface area contributed by atoms with Gasteiger partial charge in [-0.15, -0.1) is 11.3 Å². The number of alkyl carbamates (subject to hydrolysis) is 1. The van der Waals surface area contributed by atoms with Gasteiger partial charge in [-0.2, -0.15) is 15.1 Å². The third kappa shape index (κ3) is 5.65. The highest BCUT2D eigenvalue weighted by Gasteiger charge is 2.45. The van der Waals surface area contributed by atoms with Crippen LogP contribution in [-0.4, -0.2) is 81.8 Å². The number of aromatic amines is 1. The monoisotopic (exact) mass is 518 g/mol. The van der Waals surface area contributed by atoms with Crippen LogP contribution in [0, 0.1) is 0 Å². The van der Waals surface area contributed by atoms with E-state index in [4.69, 9.17) is 14.2 Å². The molecule has 0 aliphatic carbocycles. The lowest BCUT2D eigenvalue weighted by molar-refractivity contribution is -0.0343. The molecule has 13 nitrogen and oxygen atoms in total. The van der Waals surface area contributed by atoms with E-state index in [0.717, 1.165) is 4.83 Å². The summed E-state index contributed by atoms with van der Waals surface area (Å²) in [5.74, 6) is 0.580. The molecule has 0 unspecified atom stereocenters. The van der Waals surface area contributed by atoms with E-state index in [-0.39, 0.29) is 13.2 Å². The van der Waals surface area contributed by atoms with Crippen molar-refractivity contribution in [3.05, 3.63) is 23.0 Å². The Morgan fingerprint density at radius 2 is 2.06 bits per heavy atom. The summed E-state index contributed by atoms with van der Waals surface area (Å²) >= 11 is 1.40. The minimum atomic E-state index is -0.582. The molecule has 3 aromatic heterocycles. The van der Waals surface area contributed by atoms with Crippen LogP contribution in [0.5, 0.6) is 0 Å². The Morgan fingerprint density at radius 1 is 1.28 bits per heavy atom. The summed E-state index contributed by atoms with van der Waals surface area (Å²) in [5.41, 5.74) is 2.12. The van der Waals surface area contributed by atoms with Gasteiger partial charge in [0.15, 0.2) is 10.6 Å². The highest BCUT2D eigenvalue weighted by atomic mass is 32.1. The molecule has 3 N–H and O–H groups in total. The number of fused-ring (bicyclic) bond motifs is 1. The van der Waals surface area contributed by atoms with E-state index in [1.165, 1.54) is 11.3 Å². The van der Waals surface area contributed by atoms with E-state index in [1.54, 1.807) is 25.7 Å². The molecule has 0 radical (unpaired) electrons. The minimum absolute atomic E-state index is 0.269. The van der Waals surface area contributed by atoms with Gasteiger partial charge < -0.3 is 29.7 Å². The molecule has 3 aromatic rings. The van der Waals surface area contributed by atoms with Crippen molar-refractivity contribution in [3.8, 4) is 0 Å². The van der Waals surface area contributed by atoms with Crippen LogP contribution in [0.25, 0.3) is 10.3 Å². The topological polar surface area (TPSA) is 156 Å². The van der Waals surface area contributed by atoms with Crippen LogP contribution < -0.4 is 15.5 Å². The normalized spacial score (nSPS) is 14.9. The van der Waals surface area contributed by atoms with Crippen molar-refractivity contribution in [3.63, 3.8) is 0 Å². The number of rotatable bonds is 9. The van der Waals surface area contributed by atoms with Crippen LogP contribution in [0.4, 0.5) is 16.6 Å². The number of methoxy groups -OCH3 is 1. The number of hydrogen-bond donors (Lipinski definition) is 3. The Hall–Kier alpha value is -3.52. The highest BCUT2D eigenvalue weighted by molar-refractivity contribution is 7.16. The maximum atomic E-state index is 12.1. The molecule has 0 atom stereocenters. The van der Waals surface area contributed by atoms with Gasteiger partial charge in [0.05, 0.1) is 37.9 Å². The number of carbonyl (C=O) groups is 2. The number of H-pyrrole nitrogens is 1. The van der Waals surface area contributed by atoms with Gasteiger partial charge >= 0.3 is 12.1 Å². The number of nitrogens with one attached hydrogen (secondary N) is 3. The molecule has 4 heterocycles. The SMILES string of the molecule is CCOC(=O)c1[nH]ncc1CNc1nc(N2CC(CNC(=O)OC(C)(C)C)(OC)C2)nc2scnc12. The first-order valence-corrected chi connectivity index (χ1v) is 12.3. The summed E-state index contributed by atoms with van der Waals surface area (Å²) < 4.78 is 16.1. The molecule has 36 heavy (non-hydrogen) atoms. The molecule has 1 amide bonds. The van der Waals surface area contributed by atoms with E-state index < -0.39 is 23.3 Å². The first-order chi connectivity index (χ1) is 17.1. The smallest absolute Gasteiger partial charge is 0.407 e. The van der Waals surface area contributed by atoms with Crippen LogP contribution in [-0.2, 0) is 20.8 Å². The van der Waals surface area contributed by atoms with E-state index in [2.05, 4.69) is 35.8 Å². The van der Waals surface area contributed by atoms with Crippen molar-refractivity contribution in [2.24, 2.45) is 0 Å². The fourth-order valence-corrected chi connectivity index (χ4v) is 4.32. The molecule has 0 bridgehead atoms. The standard InChI is InChI=1S/C22H30N8O5S/c1-6-34-18(31)14-13(8-26-29-14)7-23-16-15-17(36-12-25-15)28-19(27-16)30-10-22(11-30,33-5)9-24-20(32)35-21(2,3)4/h8,12H,6-7,9-11H2,1-5H3,(H,24,32)(H,26,29)(H,23,27,28). The van der Waals surface area contributed by atoms with E-state index >= 15 is 0 Å². The van der Waals surface area contributed by atoms with Gasteiger partial charge in [0, 0.05) is 19.2 Å². The maximum Gasteiger partial charge on any atom is 0.407 e. The summed E-state index contributed by atoms with van der Waals surface area (Å²) in [5, 5.41) is 12.7. The zero-order valence-corrected chi connectivity index (χ0v) is 21.7. The number of thiazole rings is 1. The van der Waals surface area contributed by atoms with E-state index in [9.17, 15) is 9.59 Å². The Labute approximate surface area is 211 Å². The van der Waals surface area contributed by atoms with E-state index in [1.807, 2.05) is 25.7 Å². The van der Waals surface area contributed by atoms with Gasteiger partial charge in [0.25, 0.3) is 0 Å². The lowest BCUT2D eigenvalue weighted by Gasteiger charge is -2.48. The summed E-state index contributed by atoms with van der Waals surface area (Å²) in [6.07, 6.45) is 1.08. The molecule has 1 fully saturated rings. The quantitative estimate of drug-likeness (QED) is 0.357. The number of carbonyl (C=O) groups excluding carboxylic acids is 2. The molecule has 1 aliphatic heterocycles. The highest BCUT2D eigenvalue weighted by Crippen LogP contribution is 2.32. The van der Waals surface area contributed by atoms with Gasteiger partial charge in [-0.1, -0.05) is 0 Å². The fraction of sp³-hybridized carbons (Fsp3) is 0.545. The second-order valence-electron chi connectivity index (χ2n) is 9.32. The molecule has 0 spiro atoms. The molecule has 194 valence electrons. The molecular formula is C22H30N8O5S. The van der Waals surface area contributed by atoms with Gasteiger partial charge in [0.2, 0.25) is 5.95 Å². The zero-order valence-electron chi connectivity index (χ0n) is 20.9. The molecule has 14 heteroatoms. The number of anilines is 2. The maximum absolute atomic E-state index is 12.1. The second-order valence-corrected chi connectivity index (χ2v) is 10.2. The number of amides is 1. The first kappa shape index (κ1) is 25.6. The Balaban J connectivity index is 1.44. The van der Waals surface area contributed by atoms with Crippen molar-refractivity contribution in [2.75, 3.05) is 43.6 Å². The predicted molar refractivity (Wildman–Crippen MR) is 133 cm³/mol. The lowest BCUT2D eigenvalue weighted by Crippen LogP contribution is -2.68. The first-order valence-electron chi connectivity index (χ1n) is 11.4. The largest absolute Gasteiger partial charge is 0.461 e. The molecule has 0 saturated carbocycles. The van der Waals surface area contributed by atoms with Gasteiger partial charge in [0.1, 0.15) is 22.4 Å². The average Bonchev–Trinajstić information content (AvgIpc) is 3.45. The number of aromatic nitrogens is 5. The van der Waals surface area contributed by atoms with Crippen LogP contribution in [0.3, 0.4) is 0 Å². The summed E-state index contributed by atoms with van der Waals surface area (Å²) in [7, 11) is 1.61. The molecule has 0 aromatic carbocycles. The molecule has 1 saturated heterocycles. The van der Waals surface area contributed by atoms with Crippen molar-refractivity contribution in [1.82, 2.24) is 30.5 Å². The third-order valence-electron chi connectivity index (χ3n) is 5.46. The number of nitrogens with zero attached hydrogens (tertiary/aromatic N) is 5. The van der Waals surface area contributed by atoms with Crippen molar-refractivity contribution >= 4 is 45.5 Å². The zero-order chi connectivity index (χ0) is 25.9. The van der Waals surface area contributed by atoms with Crippen LogP contribution >= 0.6 is 11.3 Å². The number of esters is 1. The van der Waals surface area contributed by atoms with Crippen LogP contribution in [0.1, 0.15) is 43.7 Å². The predicted octanol–water partition coefficient (Wildman–Crippen LogP) is 2.33. The van der Waals surface area contributed by atoms with Crippen LogP contribution in [0.2, 0.25) is 0 Å². The van der Waals surface area contributed by atoms with Crippen molar-refractivity contribution < 1.29 is 23.8 Å². The third-order valence-corrected chi connectivity index (χ3v) is 6.18. The Kier molecular flexibility index (Phi) is 7.26. The molecule has 4 rings (SSSR count). The van der Waals surface area contributed by atoms with E-state index in [0.29, 0.717) is 48.2 Å². The number of ether oxygens (including phenoxy) is 3. The Bertz CT molecular complexity index is 1230. The van der Waals surface area contributed by atoms with Gasteiger partial charge in [-0.3, -0.25) is 5.10 Å². The molecule has 1 aliphatic rings. The Morgan fingerprint density at radius 3 is 2.75 bits per heavy atom. The number of hydrogen-bond acceptors (Lipinski definition) is 12. The van der Waals surface area contributed by atoms with Crippen molar-refractivity contribution in [1.29, 1.82) is 0 Å². The minimum Gasteiger partial charge on any atom is -0.461 e. The van der Waals surface area contributed by atoms with Gasteiger partial charge in [-0.25, -0.2) is 14.6 Å². The van der Waals surface area contributed by atoms with Crippen LogP contribution in [0.15, 0.2) is 11.7 Å². The fourth-order valence-electron chi connectivity index (χ4n) is 3.67. The summed E-state index contributed by atoms with van der Waals surface area (Å²) in [6.45, 7) is 9.00. The molecular weight excluding hydrogens is 488 g/mol. The summed E-state index contributed by atoms with van der Waals surface area (Å²) in [6, 6.07) is 0.